The first kappa shape index (κ1) is 15.9. The fourth-order valence-corrected chi connectivity index (χ4v) is 2.87. The van der Waals surface area contributed by atoms with E-state index in [1.807, 2.05) is 17.8 Å². The largest absolute Gasteiger partial charge is 0.416 e. The van der Waals surface area contributed by atoms with Crippen molar-refractivity contribution in [1.82, 2.24) is 14.5 Å². The lowest BCUT2D eigenvalue weighted by atomic mass is 10.1. The third-order valence-corrected chi connectivity index (χ3v) is 4.11. The highest BCUT2D eigenvalue weighted by atomic mass is 19.4. The van der Waals surface area contributed by atoms with Gasteiger partial charge in [-0.3, -0.25) is 4.90 Å². The number of aryl methyl sites for hydroxylation is 1. The van der Waals surface area contributed by atoms with Crippen LogP contribution in [0.25, 0.3) is 0 Å². The smallest absolute Gasteiger partial charge is 0.340 e. The normalized spacial score (nSPS) is 16.8. The summed E-state index contributed by atoms with van der Waals surface area (Å²) in [7, 11) is 1.96. The van der Waals surface area contributed by atoms with E-state index in [9.17, 15) is 13.2 Å². The van der Waals surface area contributed by atoms with Crippen LogP contribution in [0.2, 0.25) is 0 Å². The van der Waals surface area contributed by atoms with Gasteiger partial charge in [-0.2, -0.15) is 13.2 Å². The van der Waals surface area contributed by atoms with Gasteiger partial charge in [0, 0.05) is 52.2 Å². The van der Waals surface area contributed by atoms with Gasteiger partial charge in [-0.1, -0.05) is 18.2 Å². The quantitative estimate of drug-likeness (QED) is 0.868. The monoisotopic (exact) mass is 324 g/mol. The number of alkyl halides is 3. The van der Waals surface area contributed by atoms with E-state index in [-0.39, 0.29) is 0 Å². The molecule has 0 bridgehead atoms. The molecule has 1 aromatic heterocycles. The molecule has 7 heteroatoms. The lowest BCUT2D eigenvalue weighted by Gasteiger charge is -2.35. The van der Waals surface area contributed by atoms with Crippen LogP contribution in [-0.2, 0) is 19.8 Å². The standard InChI is InChI=1S/C16H19F3N4/c1-21-6-5-20-15(21)23-9-7-22(8-10-23)12-13-3-2-4-14(11-13)16(17,18)19/h2-6,11H,7-10,12H2,1H3. The number of anilines is 1. The Morgan fingerprint density at radius 2 is 1.87 bits per heavy atom. The molecule has 0 radical (unpaired) electrons. The van der Waals surface area contributed by atoms with Crippen molar-refractivity contribution in [2.45, 2.75) is 12.7 Å². The van der Waals surface area contributed by atoms with Gasteiger partial charge in [0.2, 0.25) is 5.95 Å². The SMILES string of the molecule is Cn1ccnc1N1CCN(Cc2cccc(C(F)(F)F)c2)CC1. The molecular weight excluding hydrogens is 305 g/mol. The fourth-order valence-electron chi connectivity index (χ4n) is 2.87. The predicted molar refractivity (Wildman–Crippen MR) is 82.1 cm³/mol. The summed E-state index contributed by atoms with van der Waals surface area (Å²) in [5, 5.41) is 0. The molecule has 1 saturated heterocycles. The number of hydrogen-bond acceptors (Lipinski definition) is 3. The predicted octanol–water partition coefficient (Wildman–Crippen LogP) is 2.76. The second-order valence-corrected chi connectivity index (χ2v) is 5.80. The Labute approximate surface area is 133 Å². The van der Waals surface area contributed by atoms with Crippen LogP contribution in [-0.4, -0.2) is 40.6 Å². The van der Waals surface area contributed by atoms with Crippen LogP contribution in [0.5, 0.6) is 0 Å². The van der Waals surface area contributed by atoms with Crippen LogP contribution < -0.4 is 4.90 Å². The zero-order chi connectivity index (χ0) is 16.4. The number of imidazole rings is 1. The summed E-state index contributed by atoms with van der Waals surface area (Å²) in [6.07, 6.45) is -0.610. The van der Waals surface area contributed by atoms with Gasteiger partial charge in [0.1, 0.15) is 0 Å². The molecule has 2 heterocycles. The van der Waals surface area contributed by atoms with E-state index < -0.39 is 11.7 Å². The second-order valence-electron chi connectivity index (χ2n) is 5.80. The van der Waals surface area contributed by atoms with Gasteiger partial charge in [-0.15, -0.1) is 0 Å². The number of piperazine rings is 1. The summed E-state index contributed by atoms with van der Waals surface area (Å²) in [4.78, 5) is 8.71. The molecule has 0 saturated carbocycles. The lowest BCUT2D eigenvalue weighted by Crippen LogP contribution is -2.46. The molecule has 0 spiro atoms. The topological polar surface area (TPSA) is 24.3 Å². The van der Waals surface area contributed by atoms with Crippen molar-refractivity contribution in [2.24, 2.45) is 7.05 Å². The number of halogens is 3. The molecule has 1 aromatic carbocycles. The molecule has 0 unspecified atom stereocenters. The van der Waals surface area contributed by atoms with Crippen LogP contribution in [0.4, 0.5) is 19.1 Å². The summed E-state index contributed by atoms with van der Waals surface area (Å²) < 4.78 is 40.3. The Kier molecular flexibility index (Phi) is 4.30. The molecule has 0 N–H and O–H groups in total. The molecule has 23 heavy (non-hydrogen) atoms. The molecule has 1 fully saturated rings. The molecule has 2 aromatic rings. The summed E-state index contributed by atoms with van der Waals surface area (Å²) in [6.45, 7) is 3.80. The molecule has 3 rings (SSSR count). The minimum absolute atomic E-state index is 0.540. The van der Waals surface area contributed by atoms with Gasteiger partial charge in [0.15, 0.2) is 0 Å². The molecular formula is C16H19F3N4. The van der Waals surface area contributed by atoms with Gasteiger partial charge in [-0.25, -0.2) is 4.98 Å². The van der Waals surface area contributed by atoms with Gasteiger partial charge >= 0.3 is 6.18 Å². The minimum atomic E-state index is -4.28. The number of benzene rings is 1. The molecule has 124 valence electrons. The van der Waals surface area contributed by atoms with Crippen molar-refractivity contribution >= 4 is 5.95 Å². The number of aromatic nitrogens is 2. The molecule has 0 atom stereocenters. The van der Waals surface area contributed by atoms with Gasteiger partial charge in [0.25, 0.3) is 0 Å². The van der Waals surface area contributed by atoms with Crippen LogP contribution in [0.15, 0.2) is 36.7 Å². The van der Waals surface area contributed by atoms with E-state index in [2.05, 4.69) is 14.8 Å². The maximum Gasteiger partial charge on any atom is 0.416 e. The van der Waals surface area contributed by atoms with Gasteiger partial charge < -0.3 is 9.47 Å². The second kappa shape index (κ2) is 6.23. The first-order chi connectivity index (χ1) is 10.9. The third kappa shape index (κ3) is 3.67. The Bertz CT molecular complexity index is 657. The van der Waals surface area contributed by atoms with E-state index in [0.29, 0.717) is 12.1 Å². The van der Waals surface area contributed by atoms with Gasteiger partial charge in [-0.05, 0) is 11.6 Å². The fraction of sp³-hybridized carbons (Fsp3) is 0.438. The van der Waals surface area contributed by atoms with E-state index in [4.69, 9.17) is 0 Å². The zero-order valence-electron chi connectivity index (χ0n) is 12.9. The van der Waals surface area contributed by atoms with Crippen LogP contribution in [0, 0.1) is 0 Å². The van der Waals surface area contributed by atoms with Crippen molar-refractivity contribution < 1.29 is 13.2 Å². The lowest BCUT2D eigenvalue weighted by molar-refractivity contribution is -0.137. The Balaban J connectivity index is 1.60. The average molecular weight is 324 g/mol. The van der Waals surface area contributed by atoms with Crippen molar-refractivity contribution in [1.29, 1.82) is 0 Å². The summed E-state index contributed by atoms with van der Waals surface area (Å²) in [5.74, 6) is 0.934. The van der Waals surface area contributed by atoms with E-state index in [0.717, 1.165) is 38.2 Å². The van der Waals surface area contributed by atoms with Crippen molar-refractivity contribution in [3.63, 3.8) is 0 Å². The molecule has 4 nitrogen and oxygen atoms in total. The Hall–Kier alpha value is -2.02. The van der Waals surface area contributed by atoms with Gasteiger partial charge in [0.05, 0.1) is 5.56 Å². The van der Waals surface area contributed by atoms with Crippen molar-refractivity contribution in [3.05, 3.63) is 47.8 Å². The number of rotatable bonds is 3. The highest BCUT2D eigenvalue weighted by Crippen LogP contribution is 2.29. The number of hydrogen-bond donors (Lipinski definition) is 0. The summed E-state index contributed by atoms with van der Waals surface area (Å²) in [6, 6.07) is 5.58. The summed E-state index contributed by atoms with van der Waals surface area (Å²) in [5.41, 5.74) is 0.118. The van der Waals surface area contributed by atoms with E-state index in [1.54, 1.807) is 12.3 Å². The molecule has 0 aliphatic carbocycles. The summed E-state index contributed by atoms with van der Waals surface area (Å²) >= 11 is 0. The van der Waals surface area contributed by atoms with Crippen molar-refractivity contribution in [3.8, 4) is 0 Å². The highest BCUT2D eigenvalue weighted by Gasteiger charge is 2.30. The molecule has 1 aliphatic rings. The van der Waals surface area contributed by atoms with Crippen molar-refractivity contribution in [2.75, 3.05) is 31.1 Å². The maximum absolute atomic E-state index is 12.8. The van der Waals surface area contributed by atoms with Crippen LogP contribution in [0.3, 0.4) is 0 Å². The number of nitrogens with zero attached hydrogens (tertiary/aromatic N) is 4. The maximum atomic E-state index is 12.8. The van der Waals surface area contributed by atoms with E-state index >= 15 is 0 Å². The minimum Gasteiger partial charge on any atom is -0.340 e. The van der Waals surface area contributed by atoms with Crippen LogP contribution >= 0.6 is 0 Å². The third-order valence-electron chi connectivity index (χ3n) is 4.11. The first-order valence-corrected chi connectivity index (χ1v) is 7.54. The highest BCUT2D eigenvalue weighted by molar-refractivity contribution is 5.32. The Morgan fingerprint density at radius 1 is 1.13 bits per heavy atom. The molecule has 1 aliphatic heterocycles. The average Bonchev–Trinajstić information content (AvgIpc) is 2.94. The first-order valence-electron chi connectivity index (χ1n) is 7.54. The molecule has 0 amide bonds. The Morgan fingerprint density at radius 3 is 2.48 bits per heavy atom. The van der Waals surface area contributed by atoms with E-state index in [1.165, 1.54) is 12.1 Å². The zero-order valence-corrected chi connectivity index (χ0v) is 12.9. The van der Waals surface area contributed by atoms with Crippen LogP contribution in [0.1, 0.15) is 11.1 Å².